The van der Waals surface area contributed by atoms with Gasteiger partial charge < -0.3 is 16.4 Å². The fourth-order valence-electron chi connectivity index (χ4n) is 1.11. The number of nitrogens with two attached hydrogens (primary N) is 1. The Balaban J connectivity index is 2.53. The van der Waals surface area contributed by atoms with Gasteiger partial charge >= 0.3 is 0 Å². The van der Waals surface area contributed by atoms with E-state index in [2.05, 4.69) is 41.4 Å². The highest BCUT2D eigenvalue weighted by Crippen LogP contribution is 2.15. The fourth-order valence-corrected chi connectivity index (χ4v) is 1.11. The summed E-state index contributed by atoms with van der Waals surface area (Å²) in [6, 6.07) is 1.89. The van der Waals surface area contributed by atoms with Crippen LogP contribution in [0.4, 0.5) is 11.6 Å². The number of nitrogens with zero attached hydrogens (tertiary/aromatic N) is 2. The van der Waals surface area contributed by atoms with Crippen molar-refractivity contribution in [1.82, 2.24) is 9.97 Å². The van der Waals surface area contributed by atoms with Crippen molar-refractivity contribution in [3.8, 4) is 0 Å². The molecule has 16 heavy (non-hydrogen) atoms. The van der Waals surface area contributed by atoms with E-state index in [0.29, 0.717) is 6.54 Å². The third kappa shape index (κ3) is 4.93. The van der Waals surface area contributed by atoms with Crippen LogP contribution in [0, 0.1) is 5.41 Å². The summed E-state index contributed by atoms with van der Waals surface area (Å²) in [5.74, 6) is 1.64. The lowest BCUT2D eigenvalue weighted by Gasteiger charge is -2.19. The van der Waals surface area contributed by atoms with Gasteiger partial charge in [0.2, 0.25) is 0 Å². The quantitative estimate of drug-likeness (QED) is 0.701. The number of nitrogens with one attached hydrogen (secondary N) is 2. The molecular weight excluding hydrogens is 202 g/mol. The van der Waals surface area contributed by atoms with Crippen LogP contribution in [-0.4, -0.2) is 29.6 Å². The molecule has 1 aromatic rings. The van der Waals surface area contributed by atoms with Gasteiger partial charge in [0.1, 0.15) is 18.0 Å². The van der Waals surface area contributed by atoms with Gasteiger partial charge in [0.15, 0.2) is 0 Å². The second kappa shape index (κ2) is 5.65. The molecule has 0 aromatic carbocycles. The minimum absolute atomic E-state index is 0.232. The van der Waals surface area contributed by atoms with Crippen LogP contribution in [-0.2, 0) is 0 Å². The summed E-state index contributed by atoms with van der Waals surface area (Å²) in [5.41, 5.74) is 5.64. The Kier molecular flexibility index (Phi) is 4.49. The maximum atomic E-state index is 5.41. The van der Waals surface area contributed by atoms with E-state index in [-0.39, 0.29) is 5.41 Å². The maximum absolute atomic E-state index is 5.41. The SMILES string of the molecule is CC(C)(C)CNc1cc(NCCN)ncn1. The van der Waals surface area contributed by atoms with Crippen molar-refractivity contribution >= 4 is 11.6 Å². The summed E-state index contributed by atoms with van der Waals surface area (Å²) in [6.45, 7) is 8.71. The number of hydrogen-bond donors (Lipinski definition) is 3. The van der Waals surface area contributed by atoms with E-state index in [1.165, 1.54) is 0 Å². The van der Waals surface area contributed by atoms with Crippen LogP contribution in [0.25, 0.3) is 0 Å². The molecule has 1 aromatic heterocycles. The third-order valence-electron chi connectivity index (χ3n) is 1.92. The minimum atomic E-state index is 0.232. The summed E-state index contributed by atoms with van der Waals surface area (Å²) in [7, 11) is 0. The van der Waals surface area contributed by atoms with Crippen molar-refractivity contribution in [3.63, 3.8) is 0 Å². The first kappa shape index (κ1) is 12.7. The van der Waals surface area contributed by atoms with Gasteiger partial charge in [-0.25, -0.2) is 9.97 Å². The molecule has 1 heterocycles. The van der Waals surface area contributed by atoms with Crippen LogP contribution in [0.3, 0.4) is 0 Å². The molecule has 0 bridgehead atoms. The molecule has 0 radical (unpaired) electrons. The van der Waals surface area contributed by atoms with Crippen molar-refractivity contribution in [2.24, 2.45) is 11.1 Å². The maximum Gasteiger partial charge on any atom is 0.131 e. The van der Waals surface area contributed by atoms with E-state index in [1.54, 1.807) is 6.33 Å². The van der Waals surface area contributed by atoms with E-state index < -0.39 is 0 Å². The molecule has 0 aliphatic heterocycles. The van der Waals surface area contributed by atoms with Crippen LogP contribution in [0.5, 0.6) is 0 Å². The Morgan fingerprint density at radius 3 is 2.38 bits per heavy atom. The molecule has 0 spiro atoms. The normalized spacial score (nSPS) is 11.2. The standard InChI is InChI=1S/C11H21N5/c1-11(2,3)7-14-10-6-9(13-5-4-12)15-8-16-10/h6,8H,4-5,7,12H2,1-3H3,(H2,13,14,15,16). The first-order valence-electron chi connectivity index (χ1n) is 5.51. The van der Waals surface area contributed by atoms with Gasteiger partial charge in [-0.2, -0.15) is 0 Å². The lowest BCUT2D eigenvalue weighted by atomic mass is 9.97. The highest BCUT2D eigenvalue weighted by molar-refractivity contribution is 5.46. The molecule has 5 nitrogen and oxygen atoms in total. The largest absolute Gasteiger partial charge is 0.369 e. The molecule has 5 heteroatoms. The van der Waals surface area contributed by atoms with Crippen molar-refractivity contribution in [2.45, 2.75) is 20.8 Å². The first-order chi connectivity index (χ1) is 7.51. The Bertz CT molecular complexity index is 318. The lowest BCUT2D eigenvalue weighted by molar-refractivity contribution is 0.442. The average molecular weight is 223 g/mol. The fraction of sp³-hybridized carbons (Fsp3) is 0.636. The Hall–Kier alpha value is -1.36. The van der Waals surface area contributed by atoms with Gasteiger partial charge in [-0.1, -0.05) is 20.8 Å². The van der Waals surface area contributed by atoms with Crippen LogP contribution in [0.2, 0.25) is 0 Å². The summed E-state index contributed by atoms with van der Waals surface area (Å²) in [6.07, 6.45) is 1.55. The van der Waals surface area contributed by atoms with Crippen LogP contribution in [0.1, 0.15) is 20.8 Å². The zero-order valence-corrected chi connectivity index (χ0v) is 10.2. The molecule has 0 aliphatic carbocycles. The molecule has 0 fully saturated rings. The van der Waals surface area contributed by atoms with Gasteiger partial charge in [-0.3, -0.25) is 0 Å². The van der Waals surface area contributed by atoms with Gasteiger partial charge in [0, 0.05) is 25.7 Å². The molecule has 90 valence electrons. The Labute approximate surface area is 96.9 Å². The monoisotopic (exact) mass is 223 g/mol. The van der Waals surface area contributed by atoms with E-state index in [1.807, 2.05) is 6.07 Å². The van der Waals surface area contributed by atoms with Gasteiger partial charge in [0.05, 0.1) is 0 Å². The summed E-state index contributed by atoms with van der Waals surface area (Å²) in [5, 5.41) is 6.39. The molecule has 0 amide bonds. The predicted octanol–water partition coefficient (Wildman–Crippen LogP) is 1.31. The molecule has 4 N–H and O–H groups in total. The topological polar surface area (TPSA) is 75.9 Å². The smallest absolute Gasteiger partial charge is 0.131 e. The molecule has 1 rings (SSSR count). The summed E-state index contributed by atoms with van der Waals surface area (Å²) in [4.78, 5) is 8.26. The number of aromatic nitrogens is 2. The average Bonchev–Trinajstić information content (AvgIpc) is 2.23. The number of rotatable bonds is 5. The van der Waals surface area contributed by atoms with Gasteiger partial charge in [-0.15, -0.1) is 0 Å². The number of anilines is 2. The van der Waals surface area contributed by atoms with Crippen LogP contribution >= 0.6 is 0 Å². The minimum Gasteiger partial charge on any atom is -0.369 e. The van der Waals surface area contributed by atoms with Crippen molar-refractivity contribution in [3.05, 3.63) is 12.4 Å². The second-order valence-corrected chi connectivity index (χ2v) is 4.92. The number of hydrogen-bond acceptors (Lipinski definition) is 5. The molecule has 0 saturated heterocycles. The van der Waals surface area contributed by atoms with Gasteiger partial charge in [0.25, 0.3) is 0 Å². The van der Waals surface area contributed by atoms with E-state index in [4.69, 9.17) is 5.73 Å². The molecule has 0 aliphatic rings. The second-order valence-electron chi connectivity index (χ2n) is 4.92. The van der Waals surface area contributed by atoms with Crippen molar-refractivity contribution in [2.75, 3.05) is 30.3 Å². The molecular formula is C11H21N5. The molecule has 0 unspecified atom stereocenters. The zero-order valence-electron chi connectivity index (χ0n) is 10.2. The summed E-state index contributed by atoms with van der Waals surface area (Å²) >= 11 is 0. The van der Waals surface area contributed by atoms with Crippen molar-refractivity contribution < 1.29 is 0 Å². The van der Waals surface area contributed by atoms with Crippen LogP contribution in [0.15, 0.2) is 12.4 Å². The van der Waals surface area contributed by atoms with Gasteiger partial charge in [-0.05, 0) is 5.41 Å². The Morgan fingerprint density at radius 2 is 1.81 bits per heavy atom. The lowest BCUT2D eigenvalue weighted by Crippen LogP contribution is -2.20. The third-order valence-corrected chi connectivity index (χ3v) is 1.92. The zero-order chi connectivity index (χ0) is 12.0. The highest BCUT2D eigenvalue weighted by Gasteiger charge is 2.09. The molecule has 0 atom stereocenters. The van der Waals surface area contributed by atoms with Crippen LogP contribution < -0.4 is 16.4 Å². The van der Waals surface area contributed by atoms with E-state index in [0.717, 1.165) is 24.7 Å². The predicted molar refractivity (Wildman–Crippen MR) is 67.5 cm³/mol. The Morgan fingerprint density at radius 1 is 1.19 bits per heavy atom. The highest BCUT2D eigenvalue weighted by atomic mass is 15.1. The summed E-state index contributed by atoms with van der Waals surface area (Å²) < 4.78 is 0. The molecule has 0 saturated carbocycles. The van der Waals surface area contributed by atoms with E-state index in [9.17, 15) is 0 Å². The first-order valence-corrected chi connectivity index (χ1v) is 5.51. The van der Waals surface area contributed by atoms with Crippen molar-refractivity contribution in [1.29, 1.82) is 0 Å². The van der Waals surface area contributed by atoms with E-state index >= 15 is 0 Å².